The van der Waals surface area contributed by atoms with E-state index in [-0.39, 0.29) is 5.91 Å². The molecule has 1 fully saturated rings. The van der Waals surface area contributed by atoms with Gasteiger partial charge in [-0.1, -0.05) is 22.4 Å². The summed E-state index contributed by atoms with van der Waals surface area (Å²) in [7, 11) is 0. The normalized spacial score (nSPS) is 24.6. The van der Waals surface area contributed by atoms with Crippen LogP contribution in [0.25, 0.3) is 0 Å². The van der Waals surface area contributed by atoms with E-state index in [4.69, 9.17) is 0 Å². The van der Waals surface area contributed by atoms with E-state index in [0.717, 1.165) is 16.1 Å². The Hall–Kier alpha value is -0.830. The molecule has 3 rings (SSSR count). The minimum Gasteiger partial charge on any atom is -0.326 e. The summed E-state index contributed by atoms with van der Waals surface area (Å²) in [5.41, 5.74) is 2.33. The lowest BCUT2D eigenvalue weighted by molar-refractivity contribution is -0.117. The minimum atomic E-state index is 0.173. The van der Waals surface area contributed by atoms with Crippen LogP contribution < -0.4 is 5.32 Å². The van der Waals surface area contributed by atoms with Crippen molar-refractivity contribution in [2.75, 3.05) is 5.32 Å². The van der Waals surface area contributed by atoms with E-state index in [1.165, 1.54) is 24.8 Å². The molecular weight excluding hydrogens is 266 g/mol. The summed E-state index contributed by atoms with van der Waals surface area (Å²) in [4.78, 5) is 11.6. The van der Waals surface area contributed by atoms with Gasteiger partial charge in [0.25, 0.3) is 0 Å². The predicted molar refractivity (Wildman–Crippen MR) is 67.5 cm³/mol. The van der Waals surface area contributed by atoms with E-state index >= 15 is 0 Å². The van der Waals surface area contributed by atoms with Gasteiger partial charge in [0, 0.05) is 16.6 Å². The van der Waals surface area contributed by atoms with Gasteiger partial charge in [0.15, 0.2) is 0 Å². The molecule has 1 aromatic rings. The van der Waals surface area contributed by atoms with Crippen LogP contribution in [-0.4, -0.2) is 5.91 Å². The van der Waals surface area contributed by atoms with Gasteiger partial charge >= 0.3 is 0 Å². The van der Waals surface area contributed by atoms with Crippen molar-refractivity contribution in [1.29, 1.82) is 0 Å². The molecule has 2 nitrogen and oxygen atoms in total. The van der Waals surface area contributed by atoms with E-state index in [2.05, 4.69) is 27.3 Å². The van der Waals surface area contributed by atoms with E-state index in [1.54, 1.807) is 0 Å². The first kappa shape index (κ1) is 10.3. The van der Waals surface area contributed by atoms with Gasteiger partial charge in [0.2, 0.25) is 5.91 Å². The van der Waals surface area contributed by atoms with Gasteiger partial charge in [-0.2, -0.15) is 0 Å². The van der Waals surface area contributed by atoms with Crippen molar-refractivity contribution in [2.24, 2.45) is 5.92 Å². The lowest BCUT2D eigenvalue weighted by Gasteiger charge is -2.37. The third kappa shape index (κ3) is 1.67. The Morgan fingerprint density at radius 3 is 2.81 bits per heavy atom. The molecule has 16 heavy (non-hydrogen) atoms. The Bertz CT molecular complexity index is 440. The third-order valence-corrected chi connectivity index (χ3v) is 4.30. The zero-order valence-electron chi connectivity index (χ0n) is 9.00. The molecule has 1 atom stereocenters. The highest BCUT2D eigenvalue weighted by Crippen LogP contribution is 2.46. The van der Waals surface area contributed by atoms with Crippen LogP contribution in [-0.2, 0) is 4.79 Å². The van der Waals surface area contributed by atoms with E-state index < -0.39 is 0 Å². The molecule has 1 amide bonds. The number of fused-ring (bicyclic) bond motifs is 1. The van der Waals surface area contributed by atoms with Crippen molar-refractivity contribution in [3.05, 3.63) is 28.2 Å². The number of halogens is 1. The summed E-state index contributed by atoms with van der Waals surface area (Å²) in [6.07, 6.45) is 4.55. The van der Waals surface area contributed by atoms with Crippen molar-refractivity contribution in [2.45, 2.75) is 31.6 Å². The number of carbonyl (C=O) groups is 1. The monoisotopic (exact) mass is 279 g/mol. The molecular formula is C13H14BrNO. The molecule has 0 bridgehead atoms. The molecule has 1 heterocycles. The van der Waals surface area contributed by atoms with Crippen molar-refractivity contribution >= 4 is 27.5 Å². The Balaban J connectivity index is 2.01. The summed E-state index contributed by atoms with van der Waals surface area (Å²) < 4.78 is 1.10. The highest BCUT2D eigenvalue weighted by atomic mass is 79.9. The Labute approximate surface area is 104 Å². The Morgan fingerprint density at radius 2 is 2.12 bits per heavy atom. The van der Waals surface area contributed by atoms with Gasteiger partial charge in [0.1, 0.15) is 0 Å². The molecule has 1 aromatic carbocycles. The average Bonchev–Trinajstić information content (AvgIpc) is 2.16. The van der Waals surface area contributed by atoms with Crippen LogP contribution in [0.3, 0.4) is 0 Å². The molecule has 0 spiro atoms. The summed E-state index contributed by atoms with van der Waals surface area (Å²) >= 11 is 3.51. The van der Waals surface area contributed by atoms with E-state index in [9.17, 15) is 4.79 Å². The summed E-state index contributed by atoms with van der Waals surface area (Å²) in [6, 6.07) is 6.15. The average molecular weight is 280 g/mol. The van der Waals surface area contributed by atoms with Crippen LogP contribution in [0.1, 0.15) is 37.2 Å². The molecule has 0 radical (unpaired) electrons. The number of nitrogens with one attached hydrogen (secondary N) is 1. The van der Waals surface area contributed by atoms with E-state index in [1.807, 2.05) is 12.1 Å². The minimum absolute atomic E-state index is 0.173. The molecule has 1 N–H and O–H groups in total. The largest absolute Gasteiger partial charge is 0.326 e. The fourth-order valence-corrected chi connectivity index (χ4v) is 3.11. The van der Waals surface area contributed by atoms with Crippen LogP contribution in [0, 0.1) is 5.92 Å². The molecule has 1 aliphatic heterocycles. The zero-order valence-corrected chi connectivity index (χ0v) is 10.6. The van der Waals surface area contributed by atoms with Gasteiger partial charge in [-0.15, -0.1) is 0 Å². The molecule has 0 saturated heterocycles. The topological polar surface area (TPSA) is 29.1 Å². The van der Waals surface area contributed by atoms with Crippen LogP contribution >= 0.6 is 15.9 Å². The summed E-state index contributed by atoms with van der Waals surface area (Å²) in [6.45, 7) is 0. The Kier molecular flexibility index (Phi) is 2.51. The van der Waals surface area contributed by atoms with Crippen LogP contribution in [0.5, 0.6) is 0 Å². The predicted octanol–water partition coefficient (Wildman–Crippen LogP) is 3.68. The van der Waals surface area contributed by atoms with E-state index in [0.29, 0.717) is 12.3 Å². The molecule has 0 aromatic heterocycles. The number of hydrogen-bond donors (Lipinski definition) is 1. The molecule has 3 heteroatoms. The second-order valence-corrected chi connectivity index (χ2v) is 5.70. The molecule has 2 aliphatic rings. The van der Waals surface area contributed by atoms with Crippen LogP contribution in [0.4, 0.5) is 5.69 Å². The lowest BCUT2D eigenvalue weighted by atomic mass is 9.70. The fourth-order valence-electron chi connectivity index (χ4n) is 2.73. The quantitative estimate of drug-likeness (QED) is 0.835. The van der Waals surface area contributed by atoms with Gasteiger partial charge in [-0.3, -0.25) is 4.79 Å². The number of carbonyl (C=O) groups excluding carboxylic acids is 1. The lowest BCUT2D eigenvalue weighted by Crippen LogP contribution is -2.30. The first-order valence-electron chi connectivity index (χ1n) is 5.83. The number of benzene rings is 1. The van der Waals surface area contributed by atoms with Crippen molar-refractivity contribution in [3.8, 4) is 0 Å². The molecule has 1 aliphatic carbocycles. The Morgan fingerprint density at radius 1 is 1.31 bits per heavy atom. The maximum absolute atomic E-state index is 11.6. The molecule has 1 saturated carbocycles. The first-order valence-corrected chi connectivity index (χ1v) is 6.62. The van der Waals surface area contributed by atoms with Crippen LogP contribution in [0.15, 0.2) is 22.7 Å². The maximum atomic E-state index is 11.6. The maximum Gasteiger partial charge on any atom is 0.225 e. The van der Waals surface area contributed by atoms with Gasteiger partial charge < -0.3 is 5.32 Å². The fraction of sp³-hybridized carbons (Fsp3) is 0.462. The van der Waals surface area contributed by atoms with Gasteiger partial charge in [0.05, 0.1) is 0 Å². The van der Waals surface area contributed by atoms with Crippen molar-refractivity contribution in [3.63, 3.8) is 0 Å². The molecule has 84 valence electrons. The highest BCUT2D eigenvalue weighted by Gasteiger charge is 2.34. The van der Waals surface area contributed by atoms with Gasteiger partial charge in [-0.25, -0.2) is 0 Å². The first-order chi connectivity index (χ1) is 7.74. The summed E-state index contributed by atoms with van der Waals surface area (Å²) in [5.74, 6) is 1.33. The smallest absolute Gasteiger partial charge is 0.225 e. The number of hydrogen-bond acceptors (Lipinski definition) is 1. The van der Waals surface area contributed by atoms with Crippen LogP contribution in [0.2, 0.25) is 0 Å². The second kappa shape index (κ2) is 3.88. The molecule has 1 unspecified atom stereocenters. The summed E-state index contributed by atoms with van der Waals surface area (Å²) in [5, 5.41) is 2.96. The third-order valence-electron chi connectivity index (χ3n) is 3.81. The second-order valence-electron chi connectivity index (χ2n) is 4.78. The standard InChI is InChI=1S/C13H14BrNO/c14-9-4-5-12-11(6-9)10(7-13(16)15-12)8-2-1-3-8/h4-6,8,10H,1-3,7H2,(H,15,16). The van der Waals surface area contributed by atoms with Gasteiger partial charge in [-0.05, 0) is 48.4 Å². The zero-order chi connectivity index (χ0) is 11.1. The SMILES string of the molecule is O=C1CC(C2CCC2)c2cc(Br)ccc2N1. The number of anilines is 1. The van der Waals surface area contributed by atoms with Crippen molar-refractivity contribution < 1.29 is 4.79 Å². The number of rotatable bonds is 1. The highest BCUT2D eigenvalue weighted by molar-refractivity contribution is 9.10. The number of amides is 1. The van der Waals surface area contributed by atoms with Crippen molar-refractivity contribution in [1.82, 2.24) is 0 Å².